The smallest absolute Gasteiger partial charge is 0.217 e. The SMILES string of the molecule is NC(=O)CCCC[C@@H]1CCSS1.NC(=O)CCCC[C@@H]1CCSS1. The number of carbonyl (C=O) groups is 2. The van der Waals surface area contributed by atoms with Crippen LogP contribution in [0.3, 0.4) is 0 Å². The first kappa shape index (κ1) is 22.4. The van der Waals surface area contributed by atoms with Gasteiger partial charge in [-0.15, -0.1) is 0 Å². The summed E-state index contributed by atoms with van der Waals surface area (Å²) in [5, 5.41) is 1.67. The van der Waals surface area contributed by atoms with Crippen LogP contribution in [-0.4, -0.2) is 33.8 Å². The molecule has 0 aromatic rings. The highest BCUT2D eigenvalue weighted by Gasteiger charge is 2.16. The normalized spacial score (nSPS) is 22.8. The van der Waals surface area contributed by atoms with Crippen LogP contribution < -0.4 is 11.5 Å². The standard InChI is InChI=1S/2C8H15NOS2/c2*9-8(10)4-2-1-3-7-5-6-11-12-7/h2*7H,1-6H2,(H2,9,10)/t2*7-/m11/s1. The Morgan fingerprint density at radius 3 is 1.46 bits per heavy atom. The highest BCUT2D eigenvalue weighted by molar-refractivity contribution is 8.77. The summed E-state index contributed by atoms with van der Waals surface area (Å²) in [6.45, 7) is 0. The van der Waals surface area contributed by atoms with Gasteiger partial charge in [-0.3, -0.25) is 9.59 Å². The van der Waals surface area contributed by atoms with E-state index in [1.807, 2.05) is 43.2 Å². The number of rotatable bonds is 10. The molecule has 8 heteroatoms. The van der Waals surface area contributed by atoms with Gasteiger partial charge in [0.15, 0.2) is 0 Å². The fraction of sp³-hybridized carbons (Fsp3) is 0.875. The Morgan fingerprint density at radius 2 is 1.17 bits per heavy atom. The van der Waals surface area contributed by atoms with E-state index >= 15 is 0 Å². The molecule has 2 aliphatic heterocycles. The van der Waals surface area contributed by atoms with Crippen molar-refractivity contribution >= 4 is 55.0 Å². The number of nitrogens with two attached hydrogens (primary N) is 2. The molecule has 4 nitrogen and oxygen atoms in total. The molecule has 140 valence electrons. The number of primary amides is 2. The third kappa shape index (κ3) is 12.7. The molecule has 0 aromatic heterocycles. The minimum absolute atomic E-state index is 0.163. The fourth-order valence-corrected chi connectivity index (χ4v) is 8.53. The summed E-state index contributed by atoms with van der Waals surface area (Å²) < 4.78 is 0. The molecule has 4 N–H and O–H groups in total. The van der Waals surface area contributed by atoms with Gasteiger partial charge in [-0.2, -0.15) is 0 Å². The van der Waals surface area contributed by atoms with Crippen LogP contribution in [0.2, 0.25) is 0 Å². The van der Waals surface area contributed by atoms with Gasteiger partial charge in [0, 0.05) is 34.8 Å². The zero-order valence-corrected chi connectivity index (χ0v) is 17.5. The summed E-state index contributed by atoms with van der Waals surface area (Å²) in [6.07, 6.45) is 10.6. The summed E-state index contributed by atoms with van der Waals surface area (Å²) in [5.41, 5.74) is 10.1. The second-order valence-corrected chi connectivity index (χ2v) is 11.7. The average Bonchev–Trinajstić information content (AvgIpc) is 3.22. The van der Waals surface area contributed by atoms with Gasteiger partial charge in [0.05, 0.1) is 0 Å². The van der Waals surface area contributed by atoms with E-state index in [4.69, 9.17) is 11.5 Å². The third-order valence-electron chi connectivity index (χ3n) is 3.85. The highest BCUT2D eigenvalue weighted by Crippen LogP contribution is 2.40. The molecular formula is C16H30N2O2S4. The van der Waals surface area contributed by atoms with Gasteiger partial charge < -0.3 is 11.5 Å². The van der Waals surface area contributed by atoms with Crippen molar-refractivity contribution in [3.8, 4) is 0 Å². The molecule has 2 rings (SSSR count). The van der Waals surface area contributed by atoms with Gasteiger partial charge in [0.25, 0.3) is 0 Å². The monoisotopic (exact) mass is 410 g/mol. The molecule has 2 aliphatic rings. The molecule has 2 fully saturated rings. The van der Waals surface area contributed by atoms with E-state index in [1.165, 1.54) is 37.2 Å². The Balaban J connectivity index is 0.000000240. The largest absolute Gasteiger partial charge is 0.370 e. The lowest BCUT2D eigenvalue weighted by Gasteiger charge is -2.05. The summed E-state index contributed by atoms with van der Waals surface area (Å²) in [5.74, 6) is 2.27. The highest BCUT2D eigenvalue weighted by atomic mass is 33.1. The van der Waals surface area contributed by atoms with Gasteiger partial charge >= 0.3 is 0 Å². The van der Waals surface area contributed by atoms with Crippen LogP contribution in [0.15, 0.2) is 0 Å². The molecule has 2 saturated heterocycles. The van der Waals surface area contributed by atoms with Crippen molar-refractivity contribution in [2.45, 2.75) is 74.7 Å². The molecule has 0 spiro atoms. The molecule has 24 heavy (non-hydrogen) atoms. The molecule has 2 amide bonds. The number of amides is 2. The van der Waals surface area contributed by atoms with Crippen LogP contribution >= 0.6 is 43.2 Å². The zero-order chi connectivity index (χ0) is 17.6. The van der Waals surface area contributed by atoms with Crippen molar-refractivity contribution < 1.29 is 9.59 Å². The lowest BCUT2D eigenvalue weighted by Crippen LogP contribution is -2.10. The zero-order valence-electron chi connectivity index (χ0n) is 14.2. The Kier molecular flexibility index (Phi) is 13.5. The maximum Gasteiger partial charge on any atom is 0.217 e. The first-order valence-electron chi connectivity index (χ1n) is 8.71. The Hall–Kier alpha value is 0.340. The maximum atomic E-state index is 10.4. The fourth-order valence-electron chi connectivity index (χ4n) is 2.47. The molecular weight excluding hydrogens is 380 g/mol. The number of carbonyl (C=O) groups excluding carboxylic acids is 2. The molecule has 2 heterocycles. The summed E-state index contributed by atoms with van der Waals surface area (Å²) in [6, 6.07) is 0. The number of hydrogen-bond acceptors (Lipinski definition) is 6. The van der Waals surface area contributed by atoms with Gasteiger partial charge in [-0.05, 0) is 38.5 Å². The van der Waals surface area contributed by atoms with E-state index in [0.29, 0.717) is 12.8 Å². The molecule has 0 unspecified atom stereocenters. The minimum Gasteiger partial charge on any atom is -0.370 e. The molecule has 0 bridgehead atoms. The predicted octanol–water partition coefficient (Wildman–Crippen LogP) is 4.37. The van der Waals surface area contributed by atoms with Gasteiger partial charge in [0.1, 0.15) is 0 Å². The second-order valence-electron chi connectivity index (χ2n) is 6.08. The maximum absolute atomic E-state index is 10.4. The molecule has 0 aromatic carbocycles. The van der Waals surface area contributed by atoms with Crippen LogP contribution in [0.4, 0.5) is 0 Å². The summed E-state index contributed by atoms with van der Waals surface area (Å²) in [4.78, 5) is 20.8. The van der Waals surface area contributed by atoms with Crippen molar-refractivity contribution in [1.82, 2.24) is 0 Å². The molecule has 0 aliphatic carbocycles. The van der Waals surface area contributed by atoms with Crippen LogP contribution in [0.1, 0.15) is 64.2 Å². The molecule has 0 saturated carbocycles. The predicted molar refractivity (Wildman–Crippen MR) is 112 cm³/mol. The Morgan fingerprint density at radius 1 is 0.750 bits per heavy atom. The number of hydrogen-bond donors (Lipinski definition) is 2. The average molecular weight is 411 g/mol. The third-order valence-corrected chi connectivity index (χ3v) is 9.87. The first-order chi connectivity index (χ1) is 11.6. The van der Waals surface area contributed by atoms with Crippen molar-refractivity contribution in [3.63, 3.8) is 0 Å². The summed E-state index contributed by atoms with van der Waals surface area (Å²) >= 11 is 0. The number of unbranched alkanes of at least 4 members (excludes halogenated alkanes) is 2. The van der Waals surface area contributed by atoms with E-state index in [2.05, 4.69) is 0 Å². The minimum atomic E-state index is -0.163. The van der Waals surface area contributed by atoms with Crippen molar-refractivity contribution in [3.05, 3.63) is 0 Å². The quantitative estimate of drug-likeness (QED) is 0.411. The first-order valence-corrected chi connectivity index (χ1v) is 13.5. The Labute approximate surface area is 162 Å². The van der Waals surface area contributed by atoms with E-state index in [1.54, 1.807) is 0 Å². The van der Waals surface area contributed by atoms with Crippen molar-refractivity contribution in [2.24, 2.45) is 11.5 Å². The Bertz CT molecular complexity index is 326. The van der Waals surface area contributed by atoms with Gasteiger partial charge in [-0.25, -0.2) is 0 Å². The second kappa shape index (κ2) is 14.5. The van der Waals surface area contributed by atoms with E-state index in [0.717, 1.165) is 36.2 Å². The molecule has 0 radical (unpaired) electrons. The van der Waals surface area contributed by atoms with Crippen LogP contribution in [0.5, 0.6) is 0 Å². The molecule has 2 atom stereocenters. The van der Waals surface area contributed by atoms with Crippen LogP contribution in [0, 0.1) is 0 Å². The van der Waals surface area contributed by atoms with Gasteiger partial charge in [0.2, 0.25) is 11.8 Å². The van der Waals surface area contributed by atoms with Crippen molar-refractivity contribution in [2.75, 3.05) is 11.5 Å². The van der Waals surface area contributed by atoms with Crippen LogP contribution in [-0.2, 0) is 9.59 Å². The topological polar surface area (TPSA) is 86.2 Å². The van der Waals surface area contributed by atoms with Gasteiger partial charge in [-0.1, -0.05) is 56.0 Å². The summed E-state index contributed by atoms with van der Waals surface area (Å²) in [7, 11) is 7.95. The van der Waals surface area contributed by atoms with Crippen molar-refractivity contribution in [1.29, 1.82) is 0 Å². The van der Waals surface area contributed by atoms with Crippen LogP contribution in [0.25, 0.3) is 0 Å². The van der Waals surface area contributed by atoms with E-state index in [-0.39, 0.29) is 11.8 Å². The van der Waals surface area contributed by atoms with E-state index < -0.39 is 0 Å². The lowest BCUT2D eigenvalue weighted by atomic mass is 10.1. The van der Waals surface area contributed by atoms with E-state index in [9.17, 15) is 9.59 Å². The lowest BCUT2D eigenvalue weighted by molar-refractivity contribution is -0.119.